The van der Waals surface area contributed by atoms with Crippen LogP contribution in [0, 0.1) is 17.2 Å². The third kappa shape index (κ3) is 5.75. The van der Waals surface area contributed by atoms with Crippen LogP contribution in [0.1, 0.15) is 23.3 Å². The first-order valence-corrected chi connectivity index (χ1v) is 11.7. The highest BCUT2D eigenvalue weighted by atomic mass is 16.5. The van der Waals surface area contributed by atoms with E-state index in [-0.39, 0.29) is 18.4 Å². The van der Waals surface area contributed by atoms with Gasteiger partial charge in [-0.05, 0) is 43.2 Å². The predicted octanol–water partition coefficient (Wildman–Crippen LogP) is 1.92. The van der Waals surface area contributed by atoms with Crippen LogP contribution in [0.3, 0.4) is 0 Å². The average molecular weight is 489 g/mol. The Morgan fingerprint density at radius 2 is 2.00 bits per heavy atom. The zero-order chi connectivity index (χ0) is 25.5. The fourth-order valence-corrected chi connectivity index (χ4v) is 4.33. The molecule has 0 radical (unpaired) electrons. The van der Waals surface area contributed by atoms with Gasteiger partial charge in [0.2, 0.25) is 11.8 Å². The fraction of sp³-hybridized carbons (Fsp3) is 0.308. The number of rotatable bonds is 10. The Hall–Kier alpha value is -4.52. The van der Waals surface area contributed by atoms with Gasteiger partial charge >= 0.3 is 0 Å². The number of aromatic nitrogens is 1. The number of carbonyl (C=O) groups is 3. The van der Waals surface area contributed by atoms with Gasteiger partial charge in [0, 0.05) is 29.1 Å². The monoisotopic (exact) mass is 488 g/mol. The summed E-state index contributed by atoms with van der Waals surface area (Å²) in [5.74, 6) is -0.675. The van der Waals surface area contributed by atoms with Gasteiger partial charge in [0.15, 0.2) is 0 Å². The quantitative estimate of drug-likeness (QED) is 0.294. The zero-order valence-corrected chi connectivity index (χ0v) is 19.8. The number of H-pyrrole nitrogens is 1. The summed E-state index contributed by atoms with van der Waals surface area (Å²) in [7, 11) is 1.55. The van der Waals surface area contributed by atoms with Crippen molar-refractivity contribution in [2.45, 2.75) is 24.9 Å². The van der Waals surface area contributed by atoms with Crippen molar-refractivity contribution in [1.82, 2.24) is 20.9 Å². The number of hydrogen-bond donors (Lipinski definition) is 5. The van der Waals surface area contributed by atoms with E-state index in [0.29, 0.717) is 30.8 Å². The lowest BCUT2D eigenvalue weighted by Crippen LogP contribution is -2.50. The Kier molecular flexibility index (Phi) is 7.70. The van der Waals surface area contributed by atoms with E-state index in [1.165, 1.54) is 0 Å². The van der Waals surface area contributed by atoms with Crippen molar-refractivity contribution in [3.63, 3.8) is 0 Å². The van der Waals surface area contributed by atoms with E-state index in [4.69, 9.17) is 4.74 Å². The van der Waals surface area contributed by atoms with E-state index in [9.17, 15) is 19.6 Å². The molecule has 3 atom stereocenters. The number of carbonyl (C=O) groups excluding carboxylic acids is 3. The Balaban J connectivity index is 1.41. The summed E-state index contributed by atoms with van der Waals surface area (Å²) in [4.78, 5) is 40.7. The molecule has 3 aromatic rings. The molecule has 0 spiro atoms. The Morgan fingerprint density at radius 3 is 2.69 bits per heavy atom. The van der Waals surface area contributed by atoms with Crippen LogP contribution in [-0.4, -0.2) is 55.0 Å². The van der Waals surface area contributed by atoms with Gasteiger partial charge in [-0.1, -0.05) is 24.3 Å². The first-order chi connectivity index (χ1) is 17.5. The summed E-state index contributed by atoms with van der Waals surface area (Å²) in [6.45, 7) is 0.279. The molecule has 5 N–H and O–H groups in total. The van der Waals surface area contributed by atoms with Crippen LogP contribution >= 0.6 is 0 Å². The molecule has 10 heteroatoms. The molecule has 1 saturated heterocycles. The largest absolute Gasteiger partial charge is 0.496 e. The lowest BCUT2D eigenvalue weighted by atomic mass is 9.94. The Labute approximate surface area is 208 Å². The number of para-hydroxylation sites is 1. The maximum atomic E-state index is 12.8. The summed E-state index contributed by atoms with van der Waals surface area (Å²) in [5, 5.41) is 22.0. The average Bonchev–Trinajstić information content (AvgIpc) is 3.52. The second-order valence-corrected chi connectivity index (χ2v) is 8.59. The molecular formula is C26H28N6O4. The second kappa shape index (κ2) is 11.3. The van der Waals surface area contributed by atoms with Crippen molar-refractivity contribution in [3.8, 4) is 11.8 Å². The summed E-state index contributed by atoms with van der Waals surface area (Å²) in [5.41, 5.74) is 1.76. The van der Waals surface area contributed by atoms with Gasteiger partial charge in [-0.25, -0.2) is 0 Å². The topological polar surface area (TPSA) is 148 Å². The van der Waals surface area contributed by atoms with Crippen LogP contribution in [0.5, 0.6) is 5.75 Å². The normalized spacial score (nSPS) is 16.4. The van der Waals surface area contributed by atoms with Crippen LogP contribution in [-0.2, 0) is 9.59 Å². The number of nitrogens with zero attached hydrogens (tertiary/aromatic N) is 1. The van der Waals surface area contributed by atoms with Gasteiger partial charge in [0.05, 0.1) is 25.8 Å². The van der Waals surface area contributed by atoms with Gasteiger partial charge < -0.3 is 31.0 Å². The highest BCUT2D eigenvalue weighted by molar-refractivity contribution is 6.00. The van der Waals surface area contributed by atoms with E-state index in [2.05, 4.69) is 32.3 Å². The molecule has 2 aromatic carbocycles. The number of methoxy groups -OCH3 is 1. The molecule has 10 nitrogen and oxygen atoms in total. The number of fused-ring (bicyclic) bond motifs is 1. The first kappa shape index (κ1) is 24.6. The van der Waals surface area contributed by atoms with Crippen LogP contribution in [0.25, 0.3) is 10.9 Å². The van der Waals surface area contributed by atoms with Crippen molar-refractivity contribution in [2.24, 2.45) is 5.92 Å². The molecule has 1 aromatic heterocycles. The van der Waals surface area contributed by atoms with E-state index in [0.717, 1.165) is 16.6 Å². The maximum absolute atomic E-state index is 12.8. The van der Waals surface area contributed by atoms with E-state index in [1.807, 2.05) is 42.5 Å². The minimum absolute atomic E-state index is 0.0896. The molecule has 1 fully saturated rings. The number of ether oxygens (including phenoxy) is 1. The molecule has 186 valence electrons. The van der Waals surface area contributed by atoms with E-state index < -0.39 is 23.9 Å². The van der Waals surface area contributed by atoms with Gasteiger partial charge in [-0.2, -0.15) is 5.26 Å². The minimum Gasteiger partial charge on any atom is -0.496 e. The van der Waals surface area contributed by atoms with Gasteiger partial charge in [0.1, 0.15) is 17.5 Å². The second-order valence-electron chi connectivity index (χ2n) is 8.59. The SMILES string of the molecule is COc1cccc2[nH]c(C(=O)NCC(=O)NC(CC3CCNC3=O)C(C#N)Nc3ccccc3)cc12. The number of amides is 3. The van der Waals surface area contributed by atoms with Crippen molar-refractivity contribution in [2.75, 3.05) is 25.5 Å². The Bertz CT molecular complexity index is 1280. The number of nitriles is 1. The number of hydrogen-bond acceptors (Lipinski definition) is 6. The van der Waals surface area contributed by atoms with Gasteiger partial charge in [-0.3, -0.25) is 14.4 Å². The standard InChI is InChI=1S/C26H28N6O4/c1-36-23-9-5-8-19-18(23)13-21(31-19)26(35)29-15-24(33)32-20(12-16-10-11-28-25(16)34)22(14-27)30-17-6-3-2-4-7-17/h2-9,13,16,20,22,30-31H,10-12,15H2,1H3,(H,28,34)(H,29,35)(H,32,33). The Morgan fingerprint density at radius 1 is 1.19 bits per heavy atom. The number of nitrogens with one attached hydrogen (secondary N) is 5. The van der Waals surface area contributed by atoms with Gasteiger partial charge in [-0.15, -0.1) is 0 Å². The van der Waals surface area contributed by atoms with E-state index in [1.54, 1.807) is 19.2 Å². The molecule has 1 aliphatic rings. The number of anilines is 1. The van der Waals surface area contributed by atoms with Crippen molar-refractivity contribution >= 4 is 34.3 Å². The zero-order valence-electron chi connectivity index (χ0n) is 19.8. The van der Waals surface area contributed by atoms with Crippen molar-refractivity contribution in [3.05, 3.63) is 60.3 Å². The summed E-state index contributed by atoms with van der Waals surface area (Å²) >= 11 is 0. The summed E-state index contributed by atoms with van der Waals surface area (Å²) < 4.78 is 5.32. The molecule has 2 heterocycles. The molecule has 0 bridgehead atoms. The fourth-order valence-electron chi connectivity index (χ4n) is 4.33. The molecule has 0 aliphatic carbocycles. The molecular weight excluding hydrogens is 460 g/mol. The smallest absolute Gasteiger partial charge is 0.268 e. The number of aromatic amines is 1. The predicted molar refractivity (Wildman–Crippen MR) is 134 cm³/mol. The molecule has 36 heavy (non-hydrogen) atoms. The van der Waals surface area contributed by atoms with Crippen LogP contribution in [0.15, 0.2) is 54.6 Å². The molecule has 1 aliphatic heterocycles. The third-order valence-corrected chi connectivity index (χ3v) is 6.18. The molecule has 3 unspecified atom stereocenters. The highest BCUT2D eigenvalue weighted by Crippen LogP contribution is 2.26. The third-order valence-electron chi connectivity index (χ3n) is 6.18. The summed E-state index contributed by atoms with van der Waals surface area (Å²) in [6.07, 6.45) is 0.931. The highest BCUT2D eigenvalue weighted by Gasteiger charge is 2.32. The molecule has 3 amide bonds. The van der Waals surface area contributed by atoms with E-state index >= 15 is 0 Å². The van der Waals surface area contributed by atoms with Crippen molar-refractivity contribution < 1.29 is 19.1 Å². The summed E-state index contributed by atoms with van der Waals surface area (Å²) in [6, 6.07) is 17.1. The maximum Gasteiger partial charge on any atom is 0.268 e. The van der Waals surface area contributed by atoms with Crippen LogP contribution in [0.4, 0.5) is 5.69 Å². The minimum atomic E-state index is -0.776. The van der Waals surface area contributed by atoms with Crippen LogP contribution in [0.2, 0.25) is 0 Å². The first-order valence-electron chi connectivity index (χ1n) is 11.7. The lowest BCUT2D eigenvalue weighted by molar-refractivity contribution is -0.124. The molecule has 4 rings (SSSR count). The van der Waals surface area contributed by atoms with Gasteiger partial charge in [0.25, 0.3) is 5.91 Å². The molecule has 0 saturated carbocycles. The number of benzene rings is 2. The lowest BCUT2D eigenvalue weighted by Gasteiger charge is -2.26. The van der Waals surface area contributed by atoms with Crippen molar-refractivity contribution in [1.29, 1.82) is 5.26 Å². The van der Waals surface area contributed by atoms with Crippen LogP contribution < -0.4 is 26.0 Å².